The molecule has 0 radical (unpaired) electrons. The minimum Gasteiger partial charge on any atom is -0.395 e. The van der Waals surface area contributed by atoms with Gasteiger partial charge in [0.15, 0.2) is 0 Å². The Morgan fingerprint density at radius 3 is 2.29 bits per heavy atom. The van der Waals surface area contributed by atoms with Gasteiger partial charge in [0.25, 0.3) is 0 Å². The normalized spacial score (nSPS) is 16.8. The first-order valence-electron chi connectivity index (χ1n) is 7.48. The van der Waals surface area contributed by atoms with Crippen LogP contribution in [0.1, 0.15) is 47.5 Å². The molecule has 4 nitrogen and oxygen atoms in total. The maximum atomic E-state index is 9.92. The molecule has 0 aromatic carbocycles. The van der Waals surface area contributed by atoms with Crippen molar-refractivity contribution in [1.29, 1.82) is 0 Å². The zero-order valence-corrected chi connectivity index (χ0v) is 14.2. The molecule has 21 heavy (non-hydrogen) atoms. The van der Waals surface area contributed by atoms with Crippen LogP contribution in [0.15, 0.2) is 35.7 Å². The highest BCUT2D eigenvalue weighted by Gasteiger charge is 2.20. The summed E-state index contributed by atoms with van der Waals surface area (Å²) < 4.78 is 0. The fraction of sp³-hybridized carbons (Fsp3) is 0.647. The number of aliphatic hydroxyl groups excluding tert-OH is 1. The van der Waals surface area contributed by atoms with Gasteiger partial charge in [-0.2, -0.15) is 0 Å². The molecule has 1 atom stereocenters. The number of aliphatic hydroxyl groups is 1. The van der Waals surface area contributed by atoms with Crippen LogP contribution in [-0.2, 0) is 0 Å². The first-order chi connectivity index (χ1) is 9.60. The minimum absolute atomic E-state index is 0.0972. The molecule has 0 saturated heterocycles. The van der Waals surface area contributed by atoms with Gasteiger partial charge in [0.1, 0.15) is 0 Å². The Morgan fingerprint density at radius 2 is 1.86 bits per heavy atom. The second kappa shape index (κ2) is 9.03. The van der Waals surface area contributed by atoms with E-state index in [1.165, 1.54) is 5.06 Å². The van der Waals surface area contributed by atoms with E-state index in [1.807, 2.05) is 19.1 Å². The lowest BCUT2D eigenvalue weighted by Gasteiger charge is -2.29. The molecule has 1 heterocycles. The molecular weight excluding hydrogens is 264 g/mol. The van der Waals surface area contributed by atoms with Crippen molar-refractivity contribution < 1.29 is 10.3 Å². The van der Waals surface area contributed by atoms with E-state index in [-0.39, 0.29) is 6.61 Å². The Kier molecular flexibility index (Phi) is 8.55. The van der Waals surface area contributed by atoms with Crippen molar-refractivity contribution in [2.24, 2.45) is 17.1 Å². The molecule has 0 bridgehead atoms. The third-order valence-corrected chi connectivity index (χ3v) is 2.98. The summed E-state index contributed by atoms with van der Waals surface area (Å²) in [5.74, 6) is 0.551. The van der Waals surface area contributed by atoms with Crippen molar-refractivity contribution in [3.8, 4) is 0 Å². The van der Waals surface area contributed by atoms with Gasteiger partial charge in [-0.3, -0.25) is 5.21 Å². The van der Waals surface area contributed by atoms with Crippen LogP contribution in [0.25, 0.3) is 0 Å². The summed E-state index contributed by atoms with van der Waals surface area (Å²) in [6.07, 6.45) is 5.96. The molecule has 0 aromatic heterocycles. The van der Waals surface area contributed by atoms with Gasteiger partial charge in [-0.15, -0.1) is 0 Å². The number of nitrogens with zero attached hydrogens (tertiary/aromatic N) is 1. The molecule has 4 heteroatoms. The van der Waals surface area contributed by atoms with Crippen LogP contribution in [0.2, 0.25) is 0 Å². The summed E-state index contributed by atoms with van der Waals surface area (Å²) in [4.78, 5) is 0. The van der Waals surface area contributed by atoms with Gasteiger partial charge in [-0.05, 0) is 48.8 Å². The van der Waals surface area contributed by atoms with Crippen LogP contribution in [0, 0.1) is 11.3 Å². The topological polar surface area (TPSA) is 69.7 Å². The molecule has 0 saturated carbocycles. The van der Waals surface area contributed by atoms with E-state index in [2.05, 4.69) is 34.3 Å². The Bertz CT molecular complexity index is 390. The highest BCUT2D eigenvalue weighted by Crippen LogP contribution is 2.31. The highest BCUT2D eigenvalue weighted by molar-refractivity contribution is 5.35. The van der Waals surface area contributed by atoms with Crippen molar-refractivity contribution in [1.82, 2.24) is 5.06 Å². The minimum atomic E-state index is 0.0972. The van der Waals surface area contributed by atoms with Crippen molar-refractivity contribution in [3.63, 3.8) is 0 Å². The van der Waals surface area contributed by atoms with Crippen molar-refractivity contribution >= 4 is 0 Å². The van der Waals surface area contributed by atoms with Gasteiger partial charge < -0.3 is 10.8 Å². The summed E-state index contributed by atoms with van der Waals surface area (Å²) in [5.41, 5.74) is 7.87. The van der Waals surface area contributed by atoms with E-state index in [0.717, 1.165) is 24.1 Å². The molecule has 0 fully saturated rings. The number of nitrogens with two attached hydrogens (primary N) is 1. The Morgan fingerprint density at radius 1 is 1.33 bits per heavy atom. The smallest absolute Gasteiger partial charge is 0.0620 e. The standard InChI is InChI=1S/C15H25NO.C2H7NO/c1-11-7-13(3)16(17)14(8-11)9-12(2)10-15(4,5)6;3-1-2-4/h7-8,12,17H,3,9-10H2,1-2,4-6H3;4H,1-3H2. The zero-order valence-electron chi connectivity index (χ0n) is 14.2. The zero-order chi connectivity index (χ0) is 16.6. The van der Waals surface area contributed by atoms with E-state index < -0.39 is 0 Å². The van der Waals surface area contributed by atoms with E-state index in [9.17, 15) is 5.21 Å². The van der Waals surface area contributed by atoms with Crippen molar-refractivity contribution in [2.75, 3.05) is 13.2 Å². The Hall–Kier alpha value is -1.10. The number of hydrogen-bond acceptors (Lipinski definition) is 4. The molecule has 1 aliphatic heterocycles. The summed E-state index contributed by atoms with van der Waals surface area (Å²) in [7, 11) is 0. The quantitative estimate of drug-likeness (QED) is 0.743. The monoisotopic (exact) mass is 296 g/mol. The fourth-order valence-corrected chi connectivity index (χ4v) is 2.49. The number of hydroxylamine groups is 2. The van der Waals surface area contributed by atoms with Gasteiger partial charge >= 0.3 is 0 Å². The van der Waals surface area contributed by atoms with Crippen LogP contribution in [0.4, 0.5) is 0 Å². The maximum absolute atomic E-state index is 9.92. The van der Waals surface area contributed by atoms with Gasteiger partial charge in [0.05, 0.1) is 12.3 Å². The third-order valence-electron chi connectivity index (χ3n) is 2.98. The summed E-state index contributed by atoms with van der Waals surface area (Å²) in [6, 6.07) is 0. The molecule has 122 valence electrons. The SMILES string of the molecule is C=C1C=C(C)C=C(CC(C)CC(C)(C)C)N1O.NCCO. The lowest BCUT2D eigenvalue weighted by atomic mass is 9.83. The molecule has 4 N–H and O–H groups in total. The molecule has 0 aromatic rings. The summed E-state index contributed by atoms with van der Waals surface area (Å²) >= 11 is 0. The average Bonchev–Trinajstić information content (AvgIpc) is 2.33. The van der Waals surface area contributed by atoms with Gasteiger partial charge in [-0.25, -0.2) is 5.06 Å². The van der Waals surface area contributed by atoms with Crippen LogP contribution in [0.5, 0.6) is 0 Å². The predicted molar refractivity (Wildman–Crippen MR) is 88.6 cm³/mol. The molecule has 0 spiro atoms. The predicted octanol–water partition coefficient (Wildman–Crippen LogP) is 3.43. The lowest BCUT2D eigenvalue weighted by Crippen LogP contribution is -2.22. The molecule has 0 aliphatic carbocycles. The van der Waals surface area contributed by atoms with E-state index in [4.69, 9.17) is 10.8 Å². The molecule has 1 rings (SSSR count). The number of allylic oxidation sites excluding steroid dienone is 4. The van der Waals surface area contributed by atoms with E-state index in [1.54, 1.807) is 0 Å². The first kappa shape index (κ1) is 19.9. The van der Waals surface area contributed by atoms with Gasteiger partial charge in [0.2, 0.25) is 0 Å². The summed E-state index contributed by atoms with van der Waals surface area (Å²) in [6.45, 7) is 15.3. The van der Waals surface area contributed by atoms with Crippen LogP contribution < -0.4 is 5.73 Å². The molecular formula is C17H32N2O2. The lowest BCUT2D eigenvalue weighted by molar-refractivity contribution is -0.0214. The van der Waals surface area contributed by atoms with Crippen LogP contribution in [-0.4, -0.2) is 28.5 Å². The first-order valence-corrected chi connectivity index (χ1v) is 7.48. The van der Waals surface area contributed by atoms with Gasteiger partial charge in [-0.1, -0.05) is 34.3 Å². The second-order valence-corrected chi connectivity index (χ2v) is 6.91. The second-order valence-electron chi connectivity index (χ2n) is 6.91. The number of hydrogen-bond donors (Lipinski definition) is 3. The van der Waals surface area contributed by atoms with Gasteiger partial charge in [0, 0.05) is 12.2 Å². The van der Waals surface area contributed by atoms with Crippen LogP contribution >= 0.6 is 0 Å². The molecule has 1 unspecified atom stereocenters. The Labute approximate surface area is 129 Å². The Balaban J connectivity index is 0.000000885. The summed E-state index contributed by atoms with van der Waals surface area (Å²) in [5, 5.41) is 18.9. The maximum Gasteiger partial charge on any atom is 0.0620 e. The highest BCUT2D eigenvalue weighted by atomic mass is 16.5. The molecule has 1 aliphatic rings. The fourth-order valence-electron chi connectivity index (χ4n) is 2.49. The van der Waals surface area contributed by atoms with Crippen LogP contribution in [0.3, 0.4) is 0 Å². The average molecular weight is 296 g/mol. The van der Waals surface area contributed by atoms with E-state index >= 15 is 0 Å². The van der Waals surface area contributed by atoms with E-state index in [0.29, 0.717) is 23.6 Å². The van der Waals surface area contributed by atoms with Crippen molar-refractivity contribution in [3.05, 3.63) is 35.7 Å². The molecule has 0 amide bonds. The number of rotatable bonds is 4. The van der Waals surface area contributed by atoms with Crippen molar-refractivity contribution in [2.45, 2.75) is 47.5 Å². The third kappa shape index (κ3) is 8.71. The largest absolute Gasteiger partial charge is 0.395 e.